The fourth-order valence-electron chi connectivity index (χ4n) is 1.51. The zero-order chi connectivity index (χ0) is 15.3. The predicted octanol–water partition coefficient (Wildman–Crippen LogP) is 1.26. The lowest BCUT2D eigenvalue weighted by atomic mass is 10.3. The smallest absolute Gasteiger partial charge is 0.263 e. The molecule has 9 heteroatoms. The highest BCUT2D eigenvalue weighted by molar-refractivity contribution is 7.99. The second-order valence-electron chi connectivity index (χ2n) is 4.12. The van der Waals surface area contributed by atoms with Gasteiger partial charge in [0.05, 0.1) is 16.3 Å². The molecule has 1 aromatic heterocycles. The Hall–Kier alpha value is -0.930. The molecule has 20 heavy (non-hydrogen) atoms. The van der Waals surface area contributed by atoms with E-state index in [1.165, 1.54) is 29.4 Å². The molecule has 1 heterocycles. The van der Waals surface area contributed by atoms with Crippen molar-refractivity contribution >= 4 is 49.5 Å². The molecule has 0 unspecified atom stereocenters. The van der Waals surface area contributed by atoms with E-state index in [0.717, 1.165) is 9.90 Å². The number of amides is 1. The Bertz CT molecular complexity index is 581. The van der Waals surface area contributed by atoms with Crippen LogP contribution in [0.2, 0.25) is 0 Å². The van der Waals surface area contributed by atoms with Gasteiger partial charge in [-0.2, -0.15) is 0 Å². The Balaban J connectivity index is 2.91. The third-order valence-corrected chi connectivity index (χ3v) is 5.47. The van der Waals surface area contributed by atoms with E-state index in [1.807, 2.05) is 13.2 Å². The average molecular weight is 337 g/mol. The Morgan fingerprint density at radius 2 is 2.10 bits per heavy atom. The van der Waals surface area contributed by atoms with Gasteiger partial charge >= 0.3 is 0 Å². The Morgan fingerprint density at radius 1 is 1.45 bits per heavy atom. The van der Waals surface area contributed by atoms with Gasteiger partial charge in [-0.3, -0.25) is 4.79 Å². The fraction of sp³-hybridized carbons (Fsp3) is 0.545. The minimum Gasteiger partial charge on any atom is -0.396 e. The van der Waals surface area contributed by atoms with Gasteiger partial charge < -0.3 is 16.4 Å². The summed E-state index contributed by atoms with van der Waals surface area (Å²) in [6, 6.07) is 0. The number of nitrogens with one attached hydrogen (secondary N) is 2. The van der Waals surface area contributed by atoms with Crippen LogP contribution in [0.4, 0.5) is 10.7 Å². The lowest BCUT2D eigenvalue weighted by Crippen LogP contribution is -2.22. The highest BCUT2D eigenvalue weighted by Gasteiger charge is 2.20. The molecule has 0 fully saturated rings. The lowest BCUT2D eigenvalue weighted by molar-refractivity contribution is 0.0960. The van der Waals surface area contributed by atoms with E-state index in [-0.39, 0.29) is 11.7 Å². The average Bonchev–Trinajstić information content (AvgIpc) is 2.64. The third-order valence-electron chi connectivity index (χ3n) is 2.41. The van der Waals surface area contributed by atoms with Crippen molar-refractivity contribution in [1.29, 1.82) is 0 Å². The highest BCUT2D eigenvalue weighted by Crippen LogP contribution is 2.41. The molecule has 1 aromatic rings. The van der Waals surface area contributed by atoms with E-state index in [2.05, 4.69) is 10.6 Å². The monoisotopic (exact) mass is 337 g/mol. The molecule has 0 saturated carbocycles. The molecule has 0 aliphatic heterocycles. The number of hydrogen-bond acceptors (Lipinski definition) is 7. The van der Waals surface area contributed by atoms with Crippen LogP contribution in [0.3, 0.4) is 0 Å². The normalized spacial score (nSPS) is 11.3. The van der Waals surface area contributed by atoms with E-state index >= 15 is 0 Å². The van der Waals surface area contributed by atoms with Crippen molar-refractivity contribution in [2.45, 2.75) is 11.8 Å². The van der Waals surface area contributed by atoms with Crippen molar-refractivity contribution in [2.24, 2.45) is 0 Å². The summed E-state index contributed by atoms with van der Waals surface area (Å²) in [7, 11) is -3.02. The minimum atomic E-state index is -3.02. The minimum absolute atomic E-state index is 0.0368. The van der Waals surface area contributed by atoms with E-state index in [4.69, 9.17) is 5.73 Å². The molecule has 0 atom stereocenters. The van der Waals surface area contributed by atoms with Gasteiger partial charge in [0.25, 0.3) is 5.91 Å². The molecule has 4 N–H and O–H groups in total. The van der Waals surface area contributed by atoms with Gasteiger partial charge in [-0.05, 0) is 13.2 Å². The van der Waals surface area contributed by atoms with Gasteiger partial charge in [-0.15, -0.1) is 23.1 Å². The van der Waals surface area contributed by atoms with Crippen LogP contribution in [0, 0.1) is 0 Å². The van der Waals surface area contributed by atoms with Crippen LogP contribution in [-0.4, -0.2) is 45.7 Å². The second kappa shape index (κ2) is 7.19. The molecule has 0 aliphatic rings. The van der Waals surface area contributed by atoms with Crippen LogP contribution < -0.4 is 16.4 Å². The van der Waals surface area contributed by atoms with Crippen LogP contribution in [0.5, 0.6) is 0 Å². The number of carbonyl (C=O) groups excluding carboxylic acids is 1. The standard InChI is InChI=1S/C11H19N3O3S3/c1-4-13-10(15)8-7(12)9(18-2)11(19-8)14-5-6-20(3,16)17/h14H,4-6,12H2,1-3H3,(H,13,15). The van der Waals surface area contributed by atoms with Crippen LogP contribution in [0.25, 0.3) is 0 Å². The van der Waals surface area contributed by atoms with Gasteiger partial charge in [0.1, 0.15) is 19.7 Å². The maximum absolute atomic E-state index is 11.9. The first-order valence-corrected chi connectivity index (χ1v) is 10.1. The Morgan fingerprint density at radius 3 is 2.60 bits per heavy atom. The SMILES string of the molecule is CCNC(=O)c1sc(NCCS(C)(=O)=O)c(SC)c1N. The molecule has 0 aromatic carbocycles. The summed E-state index contributed by atoms with van der Waals surface area (Å²) in [5.74, 6) is -0.170. The van der Waals surface area contributed by atoms with E-state index in [1.54, 1.807) is 0 Å². The van der Waals surface area contributed by atoms with Gasteiger partial charge in [-0.1, -0.05) is 0 Å². The van der Waals surface area contributed by atoms with Crippen molar-refractivity contribution in [2.75, 3.05) is 42.4 Å². The quantitative estimate of drug-likeness (QED) is 0.648. The fourth-order valence-corrected chi connectivity index (χ4v) is 3.96. The first-order valence-electron chi connectivity index (χ1n) is 5.96. The zero-order valence-electron chi connectivity index (χ0n) is 11.6. The van der Waals surface area contributed by atoms with Crippen molar-refractivity contribution in [3.8, 4) is 0 Å². The number of nitrogen functional groups attached to an aromatic ring is 1. The summed E-state index contributed by atoms with van der Waals surface area (Å²) in [4.78, 5) is 13.1. The maximum Gasteiger partial charge on any atom is 0.263 e. The molecule has 1 rings (SSSR count). The number of nitrogens with two attached hydrogens (primary N) is 1. The van der Waals surface area contributed by atoms with Crippen LogP contribution in [0.15, 0.2) is 4.90 Å². The number of anilines is 2. The van der Waals surface area contributed by atoms with Crippen molar-refractivity contribution < 1.29 is 13.2 Å². The summed E-state index contributed by atoms with van der Waals surface area (Å²) < 4.78 is 22.2. The Labute approximate surface area is 127 Å². The van der Waals surface area contributed by atoms with Gasteiger partial charge in [-0.25, -0.2) is 8.42 Å². The summed E-state index contributed by atoms with van der Waals surface area (Å²) in [6.07, 6.45) is 3.05. The molecule has 0 radical (unpaired) electrons. The summed E-state index contributed by atoms with van der Waals surface area (Å²) in [5.41, 5.74) is 6.41. The molecular formula is C11H19N3O3S3. The molecule has 6 nitrogen and oxygen atoms in total. The van der Waals surface area contributed by atoms with Crippen molar-refractivity contribution in [1.82, 2.24) is 5.32 Å². The molecule has 0 aliphatic carbocycles. The van der Waals surface area contributed by atoms with Gasteiger partial charge in [0.15, 0.2) is 0 Å². The first-order chi connectivity index (χ1) is 9.30. The number of hydrogen-bond donors (Lipinski definition) is 3. The third kappa shape index (κ3) is 4.57. The van der Waals surface area contributed by atoms with Crippen molar-refractivity contribution in [3.63, 3.8) is 0 Å². The van der Waals surface area contributed by atoms with Gasteiger partial charge in [0.2, 0.25) is 0 Å². The highest BCUT2D eigenvalue weighted by atomic mass is 32.2. The summed E-state index contributed by atoms with van der Waals surface area (Å²) >= 11 is 2.68. The number of thiophene rings is 1. The Kier molecular flexibility index (Phi) is 6.15. The van der Waals surface area contributed by atoms with Crippen LogP contribution >= 0.6 is 23.1 Å². The number of rotatable bonds is 7. The molecule has 0 spiro atoms. The topological polar surface area (TPSA) is 101 Å². The lowest BCUT2D eigenvalue weighted by Gasteiger charge is -2.05. The molecule has 1 amide bonds. The first kappa shape index (κ1) is 17.1. The maximum atomic E-state index is 11.9. The molecule has 0 saturated heterocycles. The van der Waals surface area contributed by atoms with E-state index in [9.17, 15) is 13.2 Å². The van der Waals surface area contributed by atoms with Crippen LogP contribution in [0.1, 0.15) is 16.6 Å². The molecular weight excluding hydrogens is 318 g/mol. The summed E-state index contributed by atoms with van der Waals surface area (Å²) in [5, 5.41) is 6.48. The number of carbonyl (C=O) groups is 1. The second-order valence-corrected chi connectivity index (χ2v) is 8.22. The zero-order valence-corrected chi connectivity index (χ0v) is 14.1. The number of thioether (sulfide) groups is 1. The molecule has 114 valence electrons. The van der Waals surface area contributed by atoms with Crippen molar-refractivity contribution in [3.05, 3.63) is 4.88 Å². The predicted molar refractivity (Wildman–Crippen MR) is 86.7 cm³/mol. The van der Waals surface area contributed by atoms with E-state index < -0.39 is 9.84 Å². The van der Waals surface area contributed by atoms with Crippen LogP contribution in [-0.2, 0) is 9.84 Å². The largest absolute Gasteiger partial charge is 0.396 e. The molecule has 0 bridgehead atoms. The number of sulfone groups is 1. The summed E-state index contributed by atoms with van der Waals surface area (Å²) in [6.45, 7) is 2.66. The van der Waals surface area contributed by atoms with Gasteiger partial charge in [0, 0.05) is 19.3 Å². The van der Waals surface area contributed by atoms with E-state index in [0.29, 0.717) is 23.7 Å².